The molecule has 7 nitrogen and oxygen atoms in total. The zero-order chi connectivity index (χ0) is 16.0. The number of amides is 3. The quantitative estimate of drug-likeness (QED) is 0.674. The number of likely N-dealkylation sites (tertiary alicyclic amines) is 1. The van der Waals surface area contributed by atoms with E-state index in [1.807, 2.05) is 6.92 Å². The summed E-state index contributed by atoms with van der Waals surface area (Å²) in [5.41, 5.74) is -0.755. The summed E-state index contributed by atoms with van der Waals surface area (Å²) in [4.78, 5) is 36.4. The lowest BCUT2D eigenvalue weighted by molar-refractivity contribution is -0.148. The first-order valence-corrected chi connectivity index (χ1v) is 7.35. The van der Waals surface area contributed by atoms with Crippen molar-refractivity contribution in [3.63, 3.8) is 0 Å². The molecule has 3 amide bonds. The molecule has 1 atom stereocenters. The van der Waals surface area contributed by atoms with Crippen LogP contribution < -0.4 is 10.6 Å². The zero-order valence-corrected chi connectivity index (χ0v) is 12.9. The Morgan fingerprint density at radius 2 is 2.00 bits per heavy atom. The minimum Gasteiger partial charge on any atom is -0.481 e. The van der Waals surface area contributed by atoms with Crippen LogP contribution in [-0.2, 0) is 9.59 Å². The first-order valence-electron chi connectivity index (χ1n) is 7.35. The molecule has 0 radical (unpaired) electrons. The zero-order valence-electron chi connectivity index (χ0n) is 12.9. The molecule has 21 heavy (non-hydrogen) atoms. The molecule has 0 saturated carbocycles. The molecule has 1 heterocycles. The number of hydrogen-bond acceptors (Lipinski definition) is 4. The number of carbonyl (C=O) groups is 3. The second-order valence-corrected chi connectivity index (χ2v) is 5.97. The molecular weight excluding hydrogens is 274 g/mol. The molecule has 1 aliphatic heterocycles. The van der Waals surface area contributed by atoms with Crippen LogP contribution in [0.4, 0.5) is 4.79 Å². The first kappa shape index (κ1) is 17.4. The van der Waals surface area contributed by atoms with Crippen LogP contribution in [0.1, 0.15) is 40.0 Å². The molecule has 1 fully saturated rings. The third kappa shape index (κ3) is 5.00. The molecule has 0 bridgehead atoms. The van der Waals surface area contributed by atoms with Crippen molar-refractivity contribution in [2.45, 2.75) is 46.1 Å². The number of urea groups is 1. The van der Waals surface area contributed by atoms with Crippen LogP contribution in [0.5, 0.6) is 0 Å². The van der Waals surface area contributed by atoms with Gasteiger partial charge in [0.1, 0.15) is 0 Å². The summed E-state index contributed by atoms with van der Waals surface area (Å²) >= 11 is 0. The van der Waals surface area contributed by atoms with Crippen molar-refractivity contribution in [2.75, 3.05) is 19.6 Å². The fraction of sp³-hybridized carbons (Fsp3) is 0.786. The molecular formula is C14H25N3O4. The molecule has 0 aliphatic carbocycles. The van der Waals surface area contributed by atoms with Crippen molar-refractivity contribution in [1.82, 2.24) is 15.5 Å². The molecule has 0 spiro atoms. The van der Waals surface area contributed by atoms with E-state index < -0.39 is 23.3 Å². The number of nitrogens with one attached hydrogen (secondary N) is 2. The van der Waals surface area contributed by atoms with Crippen LogP contribution in [0.3, 0.4) is 0 Å². The Hall–Kier alpha value is -1.63. The molecule has 1 rings (SSSR count). The maximum absolute atomic E-state index is 11.8. The van der Waals surface area contributed by atoms with Crippen molar-refractivity contribution in [3.8, 4) is 0 Å². The van der Waals surface area contributed by atoms with Crippen molar-refractivity contribution in [2.24, 2.45) is 5.41 Å². The Kier molecular flexibility index (Phi) is 6.14. The van der Waals surface area contributed by atoms with E-state index in [0.29, 0.717) is 25.9 Å². The van der Waals surface area contributed by atoms with E-state index in [2.05, 4.69) is 10.6 Å². The number of nitrogens with zero attached hydrogens (tertiary/aromatic N) is 1. The summed E-state index contributed by atoms with van der Waals surface area (Å²) in [6.45, 7) is 6.52. The van der Waals surface area contributed by atoms with E-state index in [-0.39, 0.29) is 12.6 Å². The maximum atomic E-state index is 11.8. The Labute approximate surface area is 125 Å². The van der Waals surface area contributed by atoms with Crippen molar-refractivity contribution < 1.29 is 19.5 Å². The van der Waals surface area contributed by atoms with E-state index in [4.69, 9.17) is 0 Å². The number of aliphatic carboxylic acids is 1. The third-order valence-electron chi connectivity index (χ3n) is 3.66. The highest BCUT2D eigenvalue weighted by atomic mass is 16.4. The Balaban J connectivity index is 2.48. The Morgan fingerprint density at radius 1 is 1.33 bits per heavy atom. The second kappa shape index (κ2) is 7.40. The molecule has 120 valence electrons. The summed E-state index contributed by atoms with van der Waals surface area (Å²) in [5.74, 6) is -1.21. The molecule has 3 N–H and O–H groups in total. The largest absolute Gasteiger partial charge is 0.481 e. The van der Waals surface area contributed by atoms with Gasteiger partial charge in [-0.3, -0.25) is 19.8 Å². The van der Waals surface area contributed by atoms with Crippen LogP contribution in [0.25, 0.3) is 0 Å². The predicted octanol–water partition coefficient (Wildman–Crippen LogP) is 0.797. The van der Waals surface area contributed by atoms with E-state index >= 15 is 0 Å². The molecule has 7 heteroatoms. The molecule has 1 saturated heterocycles. The fourth-order valence-corrected chi connectivity index (χ4v) is 2.72. The summed E-state index contributed by atoms with van der Waals surface area (Å²) in [6, 6.07) is -0.568. The van der Waals surface area contributed by atoms with E-state index in [9.17, 15) is 19.5 Å². The maximum Gasteiger partial charge on any atom is 0.321 e. The van der Waals surface area contributed by atoms with Crippen LogP contribution in [0.2, 0.25) is 0 Å². The van der Waals surface area contributed by atoms with Crippen LogP contribution in [-0.4, -0.2) is 53.6 Å². The summed E-state index contributed by atoms with van der Waals surface area (Å²) in [7, 11) is 0. The monoisotopic (exact) mass is 299 g/mol. The number of rotatable bonds is 6. The van der Waals surface area contributed by atoms with Gasteiger partial charge in [-0.1, -0.05) is 13.3 Å². The van der Waals surface area contributed by atoms with Gasteiger partial charge in [0.15, 0.2) is 0 Å². The van der Waals surface area contributed by atoms with Gasteiger partial charge in [0.2, 0.25) is 5.91 Å². The lowest BCUT2D eigenvalue weighted by Crippen LogP contribution is -2.46. The molecule has 0 aromatic rings. The predicted molar refractivity (Wildman–Crippen MR) is 77.8 cm³/mol. The SMILES string of the molecule is CCCC1(C(=O)O)CCN(CC(=O)NC(=O)NC(C)C)C1. The van der Waals surface area contributed by atoms with Gasteiger partial charge in [-0.2, -0.15) is 0 Å². The van der Waals surface area contributed by atoms with Gasteiger partial charge in [0.05, 0.1) is 12.0 Å². The van der Waals surface area contributed by atoms with Gasteiger partial charge < -0.3 is 10.4 Å². The highest BCUT2D eigenvalue weighted by molar-refractivity contribution is 5.95. The minimum atomic E-state index is -0.801. The summed E-state index contributed by atoms with van der Waals surface area (Å²) in [5, 5.41) is 14.2. The summed E-state index contributed by atoms with van der Waals surface area (Å²) < 4.78 is 0. The van der Waals surface area contributed by atoms with Crippen LogP contribution >= 0.6 is 0 Å². The number of carboxylic acid groups (broad SMARTS) is 1. The average molecular weight is 299 g/mol. The number of carboxylic acids is 1. The third-order valence-corrected chi connectivity index (χ3v) is 3.66. The molecule has 0 aromatic heterocycles. The smallest absolute Gasteiger partial charge is 0.321 e. The molecule has 1 unspecified atom stereocenters. The Bertz CT molecular complexity index is 411. The van der Waals surface area contributed by atoms with Gasteiger partial charge in [-0.25, -0.2) is 4.79 Å². The number of carbonyl (C=O) groups excluding carboxylic acids is 2. The van der Waals surface area contributed by atoms with Gasteiger partial charge in [0, 0.05) is 12.6 Å². The average Bonchev–Trinajstić information content (AvgIpc) is 2.72. The normalized spacial score (nSPS) is 22.3. The van der Waals surface area contributed by atoms with Crippen molar-refractivity contribution in [3.05, 3.63) is 0 Å². The van der Waals surface area contributed by atoms with E-state index in [1.165, 1.54) is 0 Å². The highest BCUT2D eigenvalue weighted by Gasteiger charge is 2.44. The lowest BCUT2D eigenvalue weighted by atomic mass is 9.83. The van der Waals surface area contributed by atoms with Gasteiger partial charge in [0.25, 0.3) is 0 Å². The van der Waals surface area contributed by atoms with Gasteiger partial charge >= 0.3 is 12.0 Å². The molecule has 0 aromatic carbocycles. The number of imide groups is 1. The lowest BCUT2D eigenvalue weighted by Gasteiger charge is -2.24. The standard InChI is InChI=1S/C14H25N3O4/c1-4-5-14(12(19)20)6-7-17(9-14)8-11(18)16-13(21)15-10(2)3/h10H,4-9H2,1-3H3,(H,19,20)(H2,15,16,18,21). The van der Waals surface area contributed by atoms with Crippen LogP contribution in [0, 0.1) is 5.41 Å². The van der Waals surface area contributed by atoms with E-state index in [0.717, 1.165) is 6.42 Å². The van der Waals surface area contributed by atoms with Gasteiger partial charge in [-0.05, 0) is 33.2 Å². The van der Waals surface area contributed by atoms with E-state index in [1.54, 1.807) is 18.7 Å². The van der Waals surface area contributed by atoms with Crippen LogP contribution in [0.15, 0.2) is 0 Å². The van der Waals surface area contributed by atoms with Crippen molar-refractivity contribution >= 4 is 17.9 Å². The number of hydrogen-bond donors (Lipinski definition) is 3. The first-order chi connectivity index (χ1) is 9.79. The summed E-state index contributed by atoms with van der Waals surface area (Å²) in [6.07, 6.45) is 1.94. The molecule has 1 aliphatic rings. The minimum absolute atomic E-state index is 0.0459. The highest BCUT2D eigenvalue weighted by Crippen LogP contribution is 2.35. The topological polar surface area (TPSA) is 98.7 Å². The van der Waals surface area contributed by atoms with Gasteiger partial charge in [-0.15, -0.1) is 0 Å². The Morgan fingerprint density at radius 3 is 2.52 bits per heavy atom. The van der Waals surface area contributed by atoms with Crippen molar-refractivity contribution in [1.29, 1.82) is 0 Å². The fourth-order valence-electron chi connectivity index (χ4n) is 2.72. The second-order valence-electron chi connectivity index (χ2n) is 5.97.